The Kier molecular flexibility index (Phi) is 3.18. The van der Waals surface area contributed by atoms with Crippen molar-refractivity contribution in [1.29, 1.82) is 0 Å². The molecule has 1 aromatic carbocycles. The number of benzene rings is 1. The number of fused-ring (bicyclic) bond motifs is 1. The number of phenolic OH excluding ortho intramolecular Hbond substituents is 1. The van der Waals surface area contributed by atoms with E-state index in [0.29, 0.717) is 5.75 Å². The van der Waals surface area contributed by atoms with Gasteiger partial charge in [-0.05, 0) is 18.2 Å². The molecule has 1 heterocycles. The Balaban J connectivity index is 0.000000980. The number of phenols is 1. The van der Waals surface area contributed by atoms with Gasteiger partial charge in [0.1, 0.15) is 5.75 Å². The zero-order chi connectivity index (χ0) is 9.42. The minimum absolute atomic E-state index is 0. The van der Waals surface area contributed by atoms with Gasteiger partial charge in [0, 0.05) is 14.1 Å². The molecular formula is C9H11ClN2OS. The lowest BCUT2D eigenvalue weighted by Crippen LogP contribution is -2.07. The molecule has 76 valence electrons. The van der Waals surface area contributed by atoms with Gasteiger partial charge in [0.05, 0.1) is 10.2 Å². The van der Waals surface area contributed by atoms with Gasteiger partial charge in [-0.3, -0.25) is 0 Å². The first-order valence-corrected chi connectivity index (χ1v) is 4.75. The Hall–Kier alpha value is -1.000. The van der Waals surface area contributed by atoms with E-state index in [1.54, 1.807) is 23.5 Å². The SMILES string of the molecule is CN(C)c1nc2ccc(O)cc2s1.Cl. The zero-order valence-electron chi connectivity index (χ0n) is 7.89. The van der Waals surface area contributed by atoms with Crippen molar-refractivity contribution in [2.75, 3.05) is 19.0 Å². The standard InChI is InChI=1S/C9H10N2OS.ClH/c1-11(2)9-10-7-4-3-6(12)5-8(7)13-9;/h3-5,12H,1-2H3;1H. The second-order valence-electron chi connectivity index (χ2n) is 3.04. The third kappa shape index (κ3) is 1.91. The Morgan fingerprint density at radius 1 is 1.36 bits per heavy atom. The monoisotopic (exact) mass is 230 g/mol. The van der Waals surface area contributed by atoms with Crippen molar-refractivity contribution < 1.29 is 5.11 Å². The van der Waals surface area contributed by atoms with Crippen LogP contribution in [-0.2, 0) is 0 Å². The molecule has 0 spiro atoms. The number of anilines is 1. The van der Waals surface area contributed by atoms with Gasteiger partial charge < -0.3 is 10.0 Å². The van der Waals surface area contributed by atoms with Gasteiger partial charge >= 0.3 is 0 Å². The lowest BCUT2D eigenvalue weighted by atomic mass is 10.3. The van der Waals surface area contributed by atoms with Crippen molar-refractivity contribution in [3.05, 3.63) is 18.2 Å². The Morgan fingerprint density at radius 2 is 2.07 bits per heavy atom. The number of rotatable bonds is 1. The van der Waals surface area contributed by atoms with Crippen LogP contribution >= 0.6 is 23.7 Å². The highest BCUT2D eigenvalue weighted by molar-refractivity contribution is 7.22. The van der Waals surface area contributed by atoms with Gasteiger partial charge in [-0.25, -0.2) is 4.98 Å². The summed E-state index contributed by atoms with van der Waals surface area (Å²) >= 11 is 1.57. The van der Waals surface area contributed by atoms with Crippen LogP contribution in [-0.4, -0.2) is 24.2 Å². The number of hydrogen-bond acceptors (Lipinski definition) is 4. The summed E-state index contributed by atoms with van der Waals surface area (Å²) in [4.78, 5) is 6.35. The molecule has 0 atom stereocenters. The van der Waals surface area contributed by atoms with Crippen molar-refractivity contribution in [2.45, 2.75) is 0 Å². The molecule has 3 nitrogen and oxygen atoms in total. The summed E-state index contributed by atoms with van der Waals surface area (Å²) < 4.78 is 1.02. The average Bonchev–Trinajstić information content (AvgIpc) is 2.46. The minimum atomic E-state index is 0. The quantitative estimate of drug-likeness (QED) is 0.818. The maximum Gasteiger partial charge on any atom is 0.185 e. The molecule has 1 aromatic heterocycles. The molecule has 2 aromatic rings. The topological polar surface area (TPSA) is 36.4 Å². The first-order valence-electron chi connectivity index (χ1n) is 3.94. The molecule has 5 heteroatoms. The first-order chi connectivity index (χ1) is 6.16. The first kappa shape index (κ1) is 11.1. The summed E-state index contributed by atoms with van der Waals surface area (Å²) in [7, 11) is 3.91. The van der Waals surface area contributed by atoms with Gasteiger partial charge in [-0.2, -0.15) is 0 Å². The molecule has 0 fully saturated rings. The highest BCUT2D eigenvalue weighted by atomic mass is 35.5. The van der Waals surface area contributed by atoms with E-state index < -0.39 is 0 Å². The molecule has 0 saturated heterocycles. The molecule has 0 amide bonds. The van der Waals surface area contributed by atoms with Crippen molar-refractivity contribution in [3.63, 3.8) is 0 Å². The maximum absolute atomic E-state index is 9.24. The van der Waals surface area contributed by atoms with Crippen LogP contribution in [0, 0.1) is 0 Å². The largest absolute Gasteiger partial charge is 0.508 e. The van der Waals surface area contributed by atoms with Crippen LogP contribution in [0.15, 0.2) is 18.2 Å². The fraction of sp³-hybridized carbons (Fsp3) is 0.222. The number of aromatic nitrogens is 1. The van der Waals surface area contributed by atoms with Gasteiger partial charge in [0.25, 0.3) is 0 Å². The van der Waals surface area contributed by atoms with E-state index in [2.05, 4.69) is 4.98 Å². The summed E-state index contributed by atoms with van der Waals surface area (Å²) in [6.07, 6.45) is 0. The molecule has 1 N–H and O–H groups in total. The van der Waals surface area contributed by atoms with E-state index >= 15 is 0 Å². The molecule has 14 heavy (non-hydrogen) atoms. The lowest BCUT2D eigenvalue weighted by Gasteiger charge is -2.04. The molecule has 0 aliphatic rings. The zero-order valence-corrected chi connectivity index (χ0v) is 9.52. The van der Waals surface area contributed by atoms with Gasteiger partial charge in [-0.15, -0.1) is 12.4 Å². The van der Waals surface area contributed by atoms with Gasteiger partial charge in [-0.1, -0.05) is 11.3 Å². The molecule has 0 aliphatic carbocycles. The van der Waals surface area contributed by atoms with Crippen LogP contribution in [0.5, 0.6) is 5.75 Å². The second kappa shape index (κ2) is 4.02. The third-order valence-corrected chi connectivity index (χ3v) is 2.93. The predicted molar refractivity (Wildman–Crippen MR) is 62.9 cm³/mol. The molecule has 0 bridgehead atoms. The average molecular weight is 231 g/mol. The van der Waals surface area contributed by atoms with E-state index in [4.69, 9.17) is 0 Å². The fourth-order valence-electron chi connectivity index (χ4n) is 1.09. The highest BCUT2D eigenvalue weighted by Gasteiger charge is 2.04. The maximum atomic E-state index is 9.24. The lowest BCUT2D eigenvalue weighted by molar-refractivity contribution is 0.476. The summed E-state index contributed by atoms with van der Waals surface area (Å²) in [6.45, 7) is 0. The van der Waals surface area contributed by atoms with E-state index in [1.807, 2.05) is 25.1 Å². The fourth-order valence-corrected chi connectivity index (χ4v) is 2.01. The van der Waals surface area contributed by atoms with Crippen molar-refractivity contribution in [2.24, 2.45) is 0 Å². The molecule has 0 saturated carbocycles. The number of aromatic hydroxyl groups is 1. The third-order valence-electron chi connectivity index (χ3n) is 1.74. The molecular weight excluding hydrogens is 220 g/mol. The molecule has 0 aliphatic heterocycles. The van der Waals surface area contributed by atoms with Crippen LogP contribution in [0.4, 0.5) is 5.13 Å². The summed E-state index contributed by atoms with van der Waals surface area (Å²) in [5.41, 5.74) is 0.937. The normalized spacial score (nSPS) is 9.86. The summed E-state index contributed by atoms with van der Waals surface area (Å²) in [6, 6.07) is 5.22. The number of thiazole rings is 1. The Morgan fingerprint density at radius 3 is 2.71 bits per heavy atom. The Bertz CT molecular complexity index is 441. The number of halogens is 1. The van der Waals surface area contributed by atoms with Crippen LogP contribution in [0.2, 0.25) is 0 Å². The van der Waals surface area contributed by atoms with Crippen LogP contribution in [0.3, 0.4) is 0 Å². The highest BCUT2D eigenvalue weighted by Crippen LogP contribution is 2.29. The van der Waals surface area contributed by atoms with Gasteiger partial charge in [0.2, 0.25) is 0 Å². The van der Waals surface area contributed by atoms with E-state index in [-0.39, 0.29) is 12.4 Å². The van der Waals surface area contributed by atoms with Crippen molar-refractivity contribution in [3.8, 4) is 5.75 Å². The van der Waals surface area contributed by atoms with Crippen molar-refractivity contribution in [1.82, 2.24) is 4.98 Å². The van der Waals surface area contributed by atoms with Crippen molar-refractivity contribution >= 4 is 39.1 Å². The molecule has 2 rings (SSSR count). The minimum Gasteiger partial charge on any atom is -0.508 e. The van der Waals surface area contributed by atoms with Crippen LogP contribution in [0.1, 0.15) is 0 Å². The Labute approximate surface area is 92.4 Å². The number of nitrogens with zero attached hydrogens (tertiary/aromatic N) is 2. The summed E-state index contributed by atoms with van der Waals surface area (Å²) in [5, 5.41) is 10.2. The summed E-state index contributed by atoms with van der Waals surface area (Å²) in [5.74, 6) is 0.293. The van der Waals surface area contributed by atoms with E-state index in [1.165, 1.54) is 0 Å². The van der Waals surface area contributed by atoms with Gasteiger partial charge in [0.15, 0.2) is 5.13 Å². The smallest absolute Gasteiger partial charge is 0.185 e. The van der Waals surface area contributed by atoms with Crippen LogP contribution < -0.4 is 4.90 Å². The molecule has 0 unspecified atom stereocenters. The molecule has 0 radical (unpaired) electrons. The number of hydrogen-bond donors (Lipinski definition) is 1. The van der Waals surface area contributed by atoms with Crippen LogP contribution in [0.25, 0.3) is 10.2 Å². The second-order valence-corrected chi connectivity index (χ2v) is 4.05. The predicted octanol–water partition coefficient (Wildman–Crippen LogP) is 2.49. The van der Waals surface area contributed by atoms with E-state index in [9.17, 15) is 5.11 Å². The van der Waals surface area contributed by atoms with E-state index in [0.717, 1.165) is 15.3 Å².